The van der Waals surface area contributed by atoms with E-state index in [1.54, 1.807) is 23.5 Å². The Labute approximate surface area is 136 Å². The standard InChI is InChI=1S/C14H29NO4S2/c1-5-7-20-14(21-8-6-2)13(19)11(15-10(4)17)12(18)9(3)16/h9,11-14,16,18-19H,5-8H2,1-4H3,(H,15,17). The average Bonchev–Trinajstić information content (AvgIpc) is 2.43. The third-order valence-corrected chi connectivity index (χ3v) is 6.17. The number of carbonyl (C=O) groups is 1. The Hall–Kier alpha value is 0.0500. The van der Waals surface area contributed by atoms with Gasteiger partial charge in [-0.05, 0) is 31.3 Å². The summed E-state index contributed by atoms with van der Waals surface area (Å²) in [6, 6.07) is -0.874. The van der Waals surface area contributed by atoms with Crippen LogP contribution in [0.4, 0.5) is 0 Å². The van der Waals surface area contributed by atoms with E-state index in [2.05, 4.69) is 19.2 Å². The molecule has 0 aromatic heterocycles. The maximum Gasteiger partial charge on any atom is 0.217 e. The van der Waals surface area contributed by atoms with Crippen LogP contribution in [0, 0.1) is 0 Å². The molecule has 126 valence electrons. The van der Waals surface area contributed by atoms with Gasteiger partial charge in [0.2, 0.25) is 5.91 Å². The first-order chi connectivity index (χ1) is 9.84. The van der Waals surface area contributed by atoms with E-state index in [4.69, 9.17) is 0 Å². The van der Waals surface area contributed by atoms with Crippen molar-refractivity contribution >= 4 is 29.4 Å². The summed E-state index contributed by atoms with van der Waals surface area (Å²) in [5, 5.41) is 32.8. The second-order valence-corrected chi connectivity index (χ2v) is 7.86. The second-order valence-electron chi connectivity index (χ2n) is 5.06. The molecule has 0 bridgehead atoms. The number of thioether (sulfide) groups is 2. The first-order valence-electron chi connectivity index (χ1n) is 7.39. The molecule has 4 atom stereocenters. The predicted octanol–water partition coefficient (Wildman–Crippen LogP) is 1.21. The molecule has 1 amide bonds. The maximum absolute atomic E-state index is 11.3. The zero-order chi connectivity index (χ0) is 16.4. The van der Waals surface area contributed by atoms with Crippen LogP contribution in [0.25, 0.3) is 0 Å². The lowest BCUT2D eigenvalue weighted by Gasteiger charge is -2.33. The lowest BCUT2D eigenvalue weighted by molar-refractivity contribution is -0.123. The molecule has 0 heterocycles. The molecule has 5 nitrogen and oxygen atoms in total. The molecule has 0 aromatic carbocycles. The smallest absolute Gasteiger partial charge is 0.217 e. The first-order valence-corrected chi connectivity index (χ1v) is 9.49. The largest absolute Gasteiger partial charge is 0.391 e. The van der Waals surface area contributed by atoms with Crippen molar-refractivity contribution < 1.29 is 20.1 Å². The van der Waals surface area contributed by atoms with Crippen molar-refractivity contribution in [1.82, 2.24) is 5.32 Å². The number of aliphatic hydroxyl groups excluding tert-OH is 3. The minimum Gasteiger partial charge on any atom is -0.391 e. The highest BCUT2D eigenvalue weighted by Gasteiger charge is 2.35. The highest BCUT2D eigenvalue weighted by molar-refractivity contribution is 8.17. The SMILES string of the molecule is CCCSC(SCCC)C(O)C(NC(C)=O)C(O)C(C)O. The highest BCUT2D eigenvalue weighted by Crippen LogP contribution is 2.30. The quantitative estimate of drug-likeness (QED) is 0.423. The Morgan fingerprint density at radius 1 is 1.05 bits per heavy atom. The summed E-state index contributed by atoms with van der Waals surface area (Å²) >= 11 is 3.25. The van der Waals surface area contributed by atoms with Crippen LogP contribution in [0.1, 0.15) is 40.5 Å². The minimum atomic E-state index is -1.20. The fraction of sp³-hybridized carbons (Fsp3) is 0.929. The van der Waals surface area contributed by atoms with Crippen LogP contribution in [0.5, 0.6) is 0 Å². The van der Waals surface area contributed by atoms with Crippen molar-refractivity contribution in [2.75, 3.05) is 11.5 Å². The van der Waals surface area contributed by atoms with Crippen LogP contribution in [-0.2, 0) is 4.79 Å². The molecule has 0 rings (SSSR count). The molecule has 0 spiro atoms. The van der Waals surface area contributed by atoms with Gasteiger partial charge in [0.15, 0.2) is 0 Å². The van der Waals surface area contributed by atoms with E-state index in [-0.39, 0.29) is 10.5 Å². The number of aliphatic hydroxyl groups is 3. The highest BCUT2D eigenvalue weighted by atomic mass is 32.2. The van der Waals surface area contributed by atoms with Crippen molar-refractivity contribution in [2.24, 2.45) is 0 Å². The molecular formula is C14H29NO4S2. The van der Waals surface area contributed by atoms with Crippen molar-refractivity contribution in [3.63, 3.8) is 0 Å². The van der Waals surface area contributed by atoms with Crippen LogP contribution in [0.15, 0.2) is 0 Å². The van der Waals surface area contributed by atoms with Crippen LogP contribution < -0.4 is 5.32 Å². The maximum atomic E-state index is 11.3. The molecule has 0 aromatic rings. The van der Waals surface area contributed by atoms with Crippen LogP contribution in [0.2, 0.25) is 0 Å². The molecule has 0 aliphatic rings. The van der Waals surface area contributed by atoms with Crippen LogP contribution in [0.3, 0.4) is 0 Å². The topological polar surface area (TPSA) is 89.8 Å². The summed E-state index contributed by atoms with van der Waals surface area (Å²) in [5.74, 6) is 1.46. The fourth-order valence-electron chi connectivity index (χ4n) is 1.79. The van der Waals surface area contributed by atoms with Crippen molar-refractivity contribution in [2.45, 2.75) is 69.5 Å². The minimum absolute atomic E-state index is 0.143. The van der Waals surface area contributed by atoms with Gasteiger partial charge in [-0.2, -0.15) is 0 Å². The number of amides is 1. The van der Waals surface area contributed by atoms with E-state index >= 15 is 0 Å². The Morgan fingerprint density at radius 3 is 1.86 bits per heavy atom. The van der Waals surface area contributed by atoms with Gasteiger partial charge in [-0.25, -0.2) is 0 Å². The molecule has 21 heavy (non-hydrogen) atoms. The summed E-state index contributed by atoms with van der Waals surface area (Å²) in [4.78, 5) is 11.3. The molecule has 7 heteroatoms. The predicted molar refractivity (Wildman–Crippen MR) is 90.6 cm³/mol. The van der Waals surface area contributed by atoms with Gasteiger partial charge in [0.05, 0.1) is 22.8 Å². The normalized spacial score (nSPS) is 17.3. The number of rotatable bonds is 11. The fourth-order valence-corrected chi connectivity index (χ4v) is 4.42. The monoisotopic (exact) mass is 339 g/mol. The molecule has 4 N–H and O–H groups in total. The number of nitrogens with one attached hydrogen (secondary N) is 1. The summed E-state index contributed by atoms with van der Waals surface area (Å²) in [5.41, 5.74) is 0. The zero-order valence-corrected chi connectivity index (χ0v) is 14.9. The van der Waals surface area contributed by atoms with E-state index in [0.717, 1.165) is 24.3 Å². The van der Waals surface area contributed by atoms with E-state index < -0.39 is 24.4 Å². The third kappa shape index (κ3) is 8.30. The number of hydrogen-bond acceptors (Lipinski definition) is 6. The van der Waals surface area contributed by atoms with E-state index in [1.807, 2.05) is 0 Å². The molecule has 0 aliphatic carbocycles. The molecule has 4 unspecified atom stereocenters. The van der Waals surface area contributed by atoms with Crippen LogP contribution >= 0.6 is 23.5 Å². The summed E-state index contributed by atoms with van der Waals surface area (Å²) in [7, 11) is 0. The van der Waals surface area contributed by atoms with E-state index in [1.165, 1.54) is 13.8 Å². The summed E-state index contributed by atoms with van der Waals surface area (Å²) in [6.07, 6.45) is -1.17. The Bertz CT molecular complexity index is 284. The number of carbonyl (C=O) groups excluding carboxylic acids is 1. The van der Waals surface area contributed by atoms with Gasteiger partial charge in [0.1, 0.15) is 6.10 Å². The van der Waals surface area contributed by atoms with Gasteiger partial charge in [0.25, 0.3) is 0 Å². The van der Waals surface area contributed by atoms with Gasteiger partial charge in [-0.3, -0.25) is 4.79 Å². The third-order valence-electron chi connectivity index (χ3n) is 2.85. The Balaban J connectivity index is 4.96. The van der Waals surface area contributed by atoms with E-state index in [9.17, 15) is 20.1 Å². The van der Waals surface area contributed by atoms with Crippen LogP contribution in [-0.4, -0.2) is 61.7 Å². The summed E-state index contributed by atoms with van der Waals surface area (Å²) < 4.78 is -0.143. The lowest BCUT2D eigenvalue weighted by atomic mass is 10.0. The van der Waals surface area contributed by atoms with Crippen molar-refractivity contribution in [1.29, 1.82) is 0 Å². The lowest BCUT2D eigenvalue weighted by Crippen LogP contribution is -2.56. The number of hydrogen-bond donors (Lipinski definition) is 4. The van der Waals surface area contributed by atoms with Crippen molar-refractivity contribution in [3.8, 4) is 0 Å². The van der Waals surface area contributed by atoms with E-state index in [0.29, 0.717) is 0 Å². The Morgan fingerprint density at radius 2 is 1.52 bits per heavy atom. The van der Waals surface area contributed by atoms with Gasteiger partial charge in [-0.1, -0.05) is 13.8 Å². The molecule has 0 saturated carbocycles. The molecule has 0 fully saturated rings. The van der Waals surface area contributed by atoms with Gasteiger partial charge in [-0.15, -0.1) is 23.5 Å². The summed E-state index contributed by atoms with van der Waals surface area (Å²) in [6.45, 7) is 6.91. The molecular weight excluding hydrogens is 310 g/mol. The Kier molecular flexibility index (Phi) is 11.6. The van der Waals surface area contributed by atoms with Gasteiger partial charge in [0, 0.05) is 6.92 Å². The van der Waals surface area contributed by atoms with Gasteiger partial charge >= 0.3 is 0 Å². The molecule has 0 aliphatic heterocycles. The molecule has 0 radical (unpaired) electrons. The second kappa shape index (κ2) is 11.6. The van der Waals surface area contributed by atoms with Crippen molar-refractivity contribution in [3.05, 3.63) is 0 Å². The first kappa shape index (κ1) is 21.0. The average molecular weight is 340 g/mol. The zero-order valence-electron chi connectivity index (χ0n) is 13.3. The molecule has 0 saturated heterocycles. The van der Waals surface area contributed by atoms with Gasteiger partial charge < -0.3 is 20.6 Å².